The number of nitrogens with zero attached hydrogens (tertiary/aromatic N) is 2. The smallest absolute Gasteiger partial charge is 0.344 e. The van der Waals surface area contributed by atoms with E-state index in [0.717, 1.165) is 33.9 Å². The molecule has 2 aromatic carbocycles. The number of carbonyl (C=O) groups excluding carboxylic acids is 3. The molecule has 0 saturated heterocycles. The van der Waals surface area contributed by atoms with Crippen LogP contribution in [0.5, 0.6) is 0 Å². The van der Waals surface area contributed by atoms with Crippen LogP contribution in [0.3, 0.4) is 0 Å². The van der Waals surface area contributed by atoms with Gasteiger partial charge in [0.2, 0.25) is 0 Å². The van der Waals surface area contributed by atoms with Gasteiger partial charge in [-0.1, -0.05) is 41.6 Å². The van der Waals surface area contributed by atoms with Gasteiger partial charge < -0.3 is 15.8 Å². The molecule has 10 heteroatoms. The molecule has 2 amide bonds. The summed E-state index contributed by atoms with van der Waals surface area (Å²) in [6, 6.07) is 12.8. The highest BCUT2D eigenvalue weighted by atomic mass is 32.2. The molecule has 2 heterocycles. The van der Waals surface area contributed by atoms with Crippen molar-refractivity contribution < 1.29 is 23.5 Å². The van der Waals surface area contributed by atoms with Gasteiger partial charge in [0.1, 0.15) is 16.5 Å². The Kier molecular flexibility index (Phi) is 6.68. The Hall–Kier alpha value is -4.36. The zero-order chi connectivity index (χ0) is 26.1. The third-order valence-corrected chi connectivity index (χ3v) is 6.89. The van der Waals surface area contributed by atoms with E-state index in [0.29, 0.717) is 11.3 Å². The van der Waals surface area contributed by atoms with E-state index in [1.54, 1.807) is 6.07 Å². The predicted octanol–water partition coefficient (Wildman–Crippen LogP) is 3.72. The Labute approximate surface area is 210 Å². The van der Waals surface area contributed by atoms with Gasteiger partial charge >= 0.3 is 5.97 Å². The van der Waals surface area contributed by atoms with Gasteiger partial charge in [-0.2, -0.15) is 5.26 Å². The van der Waals surface area contributed by atoms with Gasteiger partial charge in [0.25, 0.3) is 11.8 Å². The Morgan fingerprint density at radius 2 is 1.89 bits per heavy atom. The molecule has 36 heavy (non-hydrogen) atoms. The van der Waals surface area contributed by atoms with Crippen molar-refractivity contribution in [3.05, 3.63) is 97.9 Å². The number of ether oxygens (including phenoxy) is 1. The van der Waals surface area contributed by atoms with Crippen molar-refractivity contribution in [2.45, 2.75) is 19.8 Å². The molecule has 4 rings (SSSR count). The van der Waals surface area contributed by atoms with Crippen LogP contribution in [0, 0.1) is 31.0 Å². The molecule has 0 spiro atoms. The molecular formula is C26H21FN4O4S. The quantitative estimate of drug-likeness (QED) is 0.608. The number of thioether (sulfide) groups is 1. The number of anilines is 1. The number of methoxy groups -OCH3 is 1. The molecule has 0 saturated carbocycles. The van der Waals surface area contributed by atoms with Crippen LogP contribution in [0.15, 0.2) is 75.4 Å². The first-order chi connectivity index (χ1) is 17.2. The maximum absolute atomic E-state index is 13.8. The fourth-order valence-electron chi connectivity index (χ4n) is 4.08. The molecule has 3 N–H and O–H groups in total. The Morgan fingerprint density at radius 3 is 2.50 bits per heavy atom. The highest BCUT2D eigenvalue weighted by Crippen LogP contribution is 2.48. The van der Waals surface area contributed by atoms with Crippen molar-refractivity contribution >= 4 is 35.2 Å². The molecule has 2 aromatic rings. The van der Waals surface area contributed by atoms with Gasteiger partial charge in [0.05, 0.1) is 35.3 Å². The molecule has 2 aliphatic heterocycles. The van der Waals surface area contributed by atoms with Gasteiger partial charge in [-0.05, 0) is 43.2 Å². The summed E-state index contributed by atoms with van der Waals surface area (Å²) < 4.78 is 18.5. The van der Waals surface area contributed by atoms with Crippen LogP contribution >= 0.6 is 11.8 Å². The van der Waals surface area contributed by atoms with Crippen LogP contribution in [0.25, 0.3) is 0 Å². The summed E-state index contributed by atoms with van der Waals surface area (Å²) in [6.45, 7) is 3.76. The number of nitrogens with two attached hydrogens (primary N) is 1. The second-order valence-corrected chi connectivity index (χ2v) is 9.19. The minimum Gasteiger partial charge on any atom is -0.465 e. The number of rotatable bonds is 4. The number of benzene rings is 2. The lowest BCUT2D eigenvalue weighted by Crippen LogP contribution is -2.42. The maximum atomic E-state index is 13.8. The highest BCUT2D eigenvalue weighted by Gasteiger charge is 2.43. The lowest BCUT2D eigenvalue weighted by atomic mass is 9.82. The molecule has 8 nitrogen and oxygen atoms in total. The summed E-state index contributed by atoms with van der Waals surface area (Å²) in [5.41, 5.74) is 8.97. The van der Waals surface area contributed by atoms with E-state index < -0.39 is 29.5 Å². The average molecular weight is 505 g/mol. The van der Waals surface area contributed by atoms with Crippen LogP contribution in [-0.2, 0) is 19.1 Å². The number of allylic oxidation sites excluding steroid dienone is 1. The minimum absolute atomic E-state index is 0.0141. The van der Waals surface area contributed by atoms with Crippen molar-refractivity contribution in [2.24, 2.45) is 5.73 Å². The van der Waals surface area contributed by atoms with Crippen LogP contribution in [0.4, 0.5) is 10.1 Å². The number of amides is 2. The minimum atomic E-state index is -1.02. The molecule has 2 aliphatic rings. The normalized spacial score (nSPS) is 17.3. The number of fused-ring (bicyclic) bond motifs is 1. The molecule has 182 valence electrons. The van der Waals surface area contributed by atoms with E-state index in [1.807, 2.05) is 32.0 Å². The summed E-state index contributed by atoms with van der Waals surface area (Å²) >= 11 is 0.836. The monoisotopic (exact) mass is 504 g/mol. The standard InChI is InChI=1S/C26H21FN4O4S/c1-13-4-9-18(14(2)10-13)30-24(33)22-21(15-5-7-16(27)8-6-15)17(12-28)23(29)31-20(32)11-19(26(34)35-3)36-25(22)31/h4-11,21H,29H2,1-3H3,(H,30,33). The Bertz CT molecular complexity index is 1440. The number of hydrogen-bond acceptors (Lipinski definition) is 7. The van der Waals surface area contributed by atoms with E-state index in [1.165, 1.54) is 31.4 Å². The van der Waals surface area contributed by atoms with E-state index >= 15 is 0 Å². The summed E-state index contributed by atoms with van der Waals surface area (Å²) in [4.78, 5) is 40.1. The van der Waals surface area contributed by atoms with Crippen LogP contribution in [0.2, 0.25) is 0 Å². The van der Waals surface area contributed by atoms with Gasteiger partial charge in [-0.25, -0.2) is 9.18 Å². The van der Waals surface area contributed by atoms with Crippen LogP contribution in [0.1, 0.15) is 22.6 Å². The third kappa shape index (κ3) is 4.36. The fraction of sp³-hybridized carbons (Fsp3) is 0.154. The number of esters is 1. The van der Waals surface area contributed by atoms with Crippen molar-refractivity contribution in [1.82, 2.24) is 4.90 Å². The lowest BCUT2D eigenvalue weighted by Gasteiger charge is -2.37. The first kappa shape index (κ1) is 24.8. The zero-order valence-electron chi connectivity index (χ0n) is 19.6. The zero-order valence-corrected chi connectivity index (χ0v) is 20.4. The van der Waals surface area contributed by atoms with Gasteiger partial charge in [0, 0.05) is 11.8 Å². The number of aryl methyl sites for hydroxylation is 2. The molecule has 0 fully saturated rings. The second-order valence-electron chi connectivity index (χ2n) is 8.16. The summed E-state index contributed by atoms with van der Waals surface area (Å²) in [6.07, 6.45) is 1.04. The number of carbonyl (C=O) groups is 3. The fourth-order valence-corrected chi connectivity index (χ4v) is 5.21. The third-order valence-electron chi connectivity index (χ3n) is 5.79. The van der Waals surface area contributed by atoms with Gasteiger partial charge in [0.15, 0.2) is 0 Å². The average Bonchev–Trinajstić information content (AvgIpc) is 2.85. The number of halogens is 1. The van der Waals surface area contributed by atoms with E-state index in [-0.39, 0.29) is 26.9 Å². The molecule has 1 atom stereocenters. The van der Waals surface area contributed by atoms with E-state index in [9.17, 15) is 24.0 Å². The SMILES string of the molecule is COC(=O)C1=CC(=O)N2C(N)=C(C#N)C(c3ccc(F)cc3)C(C(=O)Nc3ccc(C)cc3C)=C2S1. The summed E-state index contributed by atoms with van der Waals surface area (Å²) in [7, 11) is 1.17. The first-order valence-electron chi connectivity index (χ1n) is 10.8. The molecule has 0 radical (unpaired) electrons. The van der Waals surface area contributed by atoms with Gasteiger partial charge in [-0.3, -0.25) is 14.5 Å². The number of nitriles is 1. The molecule has 1 unspecified atom stereocenters. The topological polar surface area (TPSA) is 126 Å². The summed E-state index contributed by atoms with van der Waals surface area (Å²) in [5, 5.41) is 12.9. The van der Waals surface area contributed by atoms with Gasteiger partial charge in [-0.15, -0.1) is 0 Å². The summed E-state index contributed by atoms with van der Waals surface area (Å²) in [5.74, 6) is -3.78. The maximum Gasteiger partial charge on any atom is 0.344 e. The molecular weight excluding hydrogens is 483 g/mol. The van der Waals surface area contributed by atoms with E-state index in [4.69, 9.17) is 10.5 Å². The van der Waals surface area contributed by atoms with Crippen LogP contribution in [-0.4, -0.2) is 29.8 Å². The second kappa shape index (κ2) is 9.71. The first-order valence-corrected chi connectivity index (χ1v) is 11.6. The van der Waals surface area contributed by atoms with Crippen LogP contribution < -0.4 is 11.1 Å². The van der Waals surface area contributed by atoms with Crippen molar-refractivity contribution in [3.63, 3.8) is 0 Å². The largest absolute Gasteiger partial charge is 0.465 e. The Balaban J connectivity index is 1.94. The van der Waals surface area contributed by atoms with Crippen molar-refractivity contribution in [1.29, 1.82) is 5.26 Å². The molecule has 0 aromatic heterocycles. The number of hydrogen-bond donors (Lipinski definition) is 2. The van der Waals surface area contributed by atoms with Crippen molar-refractivity contribution in [2.75, 3.05) is 12.4 Å². The lowest BCUT2D eigenvalue weighted by molar-refractivity contribution is -0.135. The molecule has 0 aliphatic carbocycles. The number of nitrogens with one attached hydrogen (secondary N) is 1. The highest BCUT2D eigenvalue weighted by molar-refractivity contribution is 8.07. The van der Waals surface area contributed by atoms with E-state index in [2.05, 4.69) is 5.32 Å². The molecule has 0 bridgehead atoms. The Morgan fingerprint density at radius 1 is 1.19 bits per heavy atom. The predicted molar refractivity (Wildman–Crippen MR) is 132 cm³/mol. The van der Waals surface area contributed by atoms with Crippen molar-refractivity contribution in [3.8, 4) is 6.07 Å².